The number of ether oxygens (including phenoxy) is 1. The van der Waals surface area contributed by atoms with E-state index in [0.717, 1.165) is 5.56 Å². The van der Waals surface area contributed by atoms with Gasteiger partial charge in [-0.25, -0.2) is 4.79 Å². The molecule has 0 spiro atoms. The number of aromatic carboxylic acids is 1. The Balaban J connectivity index is 3.17. The number of allylic oxidation sites excluding steroid dienone is 1. The fraction of sp³-hybridized carbons (Fsp3) is 0.182. The maximum absolute atomic E-state index is 10.7. The van der Waals surface area contributed by atoms with E-state index >= 15 is 0 Å². The smallest absolute Gasteiger partial charge is 0.335 e. The summed E-state index contributed by atoms with van der Waals surface area (Å²) in [6.07, 6.45) is 3.74. The van der Waals surface area contributed by atoms with Crippen molar-refractivity contribution < 1.29 is 14.6 Å². The molecule has 1 aromatic rings. The standard InChI is InChI=1S/C11H12O3/c1-3-4-8-5-6-9(11(12)13)7-10(8)14-2/h3-7H,1-2H3,(H,12,13)/b4-3-. The normalized spacial score (nSPS) is 10.4. The summed E-state index contributed by atoms with van der Waals surface area (Å²) in [6, 6.07) is 4.79. The average Bonchev–Trinajstić information content (AvgIpc) is 2.18. The van der Waals surface area contributed by atoms with Crippen LogP contribution in [-0.4, -0.2) is 18.2 Å². The van der Waals surface area contributed by atoms with Crippen molar-refractivity contribution in [1.82, 2.24) is 0 Å². The summed E-state index contributed by atoms with van der Waals surface area (Å²) < 4.78 is 5.07. The van der Waals surface area contributed by atoms with E-state index in [2.05, 4.69) is 0 Å². The lowest BCUT2D eigenvalue weighted by Crippen LogP contribution is -1.97. The Morgan fingerprint density at radius 3 is 2.71 bits per heavy atom. The summed E-state index contributed by atoms with van der Waals surface area (Å²) in [7, 11) is 1.52. The fourth-order valence-electron chi connectivity index (χ4n) is 1.16. The highest BCUT2D eigenvalue weighted by atomic mass is 16.5. The molecular weight excluding hydrogens is 180 g/mol. The van der Waals surface area contributed by atoms with E-state index in [1.807, 2.05) is 19.1 Å². The summed E-state index contributed by atoms with van der Waals surface area (Å²) in [5.74, 6) is -0.377. The first-order valence-electron chi connectivity index (χ1n) is 4.23. The second-order valence-corrected chi connectivity index (χ2v) is 2.76. The van der Waals surface area contributed by atoms with Crippen molar-refractivity contribution in [2.75, 3.05) is 7.11 Å². The van der Waals surface area contributed by atoms with Gasteiger partial charge in [0.2, 0.25) is 0 Å². The summed E-state index contributed by atoms with van der Waals surface area (Å²) >= 11 is 0. The van der Waals surface area contributed by atoms with Gasteiger partial charge in [0.05, 0.1) is 12.7 Å². The van der Waals surface area contributed by atoms with Crippen LogP contribution in [0.1, 0.15) is 22.8 Å². The Kier molecular flexibility index (Phi) is 3.29. The molecule has 0 unspecified atom stereocenters. The van der Waals surface area contributed by atoms with Crippen LogP contribution in [0.5, 0.6) is 5.75 Å². The lowest BCUT2D eigenvalue weighted by molar-refractivity contribution is 0.0696. The highest BCUT2D eigenvalue weighted by Gasteiger charge is 2.06. The van der Waals surface area contributed by atoms with Crippen molar-refractivity contribution >= 4 is 12.0 Å². The van der Waals surface area contributed by atoms with Crippen LogP contribution in [-0.2, 0) is 0 Å². The Hall–Kier alpha value is -1.77. The lowest BCUT2D eigenvalue weighted by atomic mass is 10.1. The van der Waals surface area contributed by atoms with Crippen molar-refractivity contribution in [3.8, 4) is 5.75 Å². The van der Waals surface area contributed by atoms with E-state index in [9.17, 15) is 4.79 Å². The van der Waals surface area contributed by atoms with E-state index in [-0.39, 0.29) is 5.56 Å². The minimum Gasteiger partial charge on any atom is -0.496 e. The van der Waals surface area contributed by atoms with Crippen molar-refractivity contribution in [2.24, 2.45) is 0 Å². The molecule has 0 fully saturated rings. The van der Waals surface area contributed by atoms with Crippen molar-refractivity contribution in [2.45, 2.75) is 6.92 Å². The molecule has 1 aromatic carbocycles. The van der Waals surface area contributed by atoms with Crippen LogP contribution in [0.3, 0.4) is 0 Å². The summed E-state index contributed by atoms with van der Waals surface area (Å²) in [5, 5.41) is 8.75. The average molecular weight is 192 g/mol. The molecule has 0 amide bonds. The molecule has 0 bridgehead atoms. The maximum Gasteiger partial charge on any atom is 0.335 e. The summed E-state index contributed by atoms with van der Waals surface area (Å²) in [5.41, 5.74) is 1.11. The van der Waals surface area contributed by atoms with Crippen LogP contribution in [0.25, 0.3) is 6.08 Å². The number of carbonyl (C=O) groups is 1. The van der Waals surface area contributed by atoms with Gasteiger partial charge in [-0.2, -0.15) is 0 Å². The van der Waals surface area contributed by atoms with Crippen LogP contribution >= 0.6 is 0 Å². The Morgan fingerprint density at radius 2 is 2.21 bits per heavy atom. The first-order valence-corrected chi connectivity index (χ1v) is 4.23. The second-order valence-electron chi connectivity index (χ2n) is 2.76. The summed E-state index contributed by atoms with van der Waals surface area (Å²) in [4.78, 5) is 10.7. The molecule has 14 heavy (non-hydrogen) atoms. The van der Waals surface area contributed by atoms with Crippen LogP contribution < -0.4 is 4.74 Å². The van der Waals surface area contributed by atoms with Gasteiger partial charge in [0, 0.05) is 5.56 Å². The second kappa shape index (κ2) is 4.46. The fourth-order valence-corrected chi connectivity index (χ4v) is 1.16. The molecule has 0 saturated carbocycles. The van der Waals surface area contributed by atoms with Crippen LogP contribution in [0.15, 0.2) is 24.3 Å². The molecular formula is C11H12O3. The zero-order valence-corrected chi connectivity index (χ0v) is 8.15. The van der Waals surface area contributed by atoms with Crippen molar-refractivity contribution in [3.63, 3.8) is 0 Å². The van der Waals surface area contributed by atoms with E-state index in [0.29, 0.717) is 5.75 Å². The number of hydrogen-bond donors (Lipinski definition) is 1. The van der Waals surface area contributed by atoms with Crippen LogP contribution in [0.4, 0.5) is 0 Å². The highest BCUT2D eigenvalue weighted by molar-refractivity contribution is 5.88. The number of methoxy groups -OCH3 is 1. The quantitative estimate of drug-likeness (QED) is 0.800. The van der Waals surface area contributed by atoms with Crippen molar-refractivity contribution in [1.29, 1.82) is 0 Å². The molecule has 0 aromatic heterocycles. The number of hydrogen-bond acceptors (Lipinski definition) is 2. The third-order valence-electron chi connectivity index (χ3n) is 1.83. The Morgan fingerprint density at radius 1 is 1.50 bits per heavy atom. The number of carboxylic acids is 1. The van der Waals surface area contributed by atoms with Gasteiger partial charge in [-0.3, -0.25) is 0 Å². The van der Waals surface area contributed by atoms with Crippen LogP contribution in [0.2, 0.25) is 0 Å². The first kappa shape index (κ1) is 10.3. The van der Waals surface area contributed by atoms with Gasteiger partial charge >= 0.3 is 5.97 Å². The lowest BCUT2D eigenvalue weighted by Gasteiger charge is -2.05. The summed E-state index contributed by atoms with van der Waals surface area (Å²) in [6.45, 7) is 1.89. The van der Waals surface area contributed by atoms with E-state index in [4.69, 9.17) is 9.84 Å². The SMILES string of the molecule is C/C=C\c1ccc(C(=O)O)cc1OC. The zero-order chi connectivity index (χ0) is 10.6. The van der Waals surface area contributed by atoms with E-state index < -0.39 is 5.97 Å². The van der Waals surface area contributed by atoms with E-state index in [1.165, 1.54) is 13.2 Å². The molecule has 0 aliphatic rings. The maximum atomic E-state index is 10.7. The molecule has 0 heterocycles. The Labute approximate surface area is 82.6 Å². The predicted molar refractivity (Wildman–Crippen MR) is 54.7 cm³/mol. The van der Waals surface area contributed by atoms with Gasteiger partial charge in [0.1, 0.15) is 5.75 Å². The largest absolute Gasteiger partial charge is 0.496 e. The van der Waals surface area contributed by atoms with E-state index in [1.54, 1.807) is 12.1 Å². The van der Waals surface area contributed by atoms with Gasteiger partial charge in [0.25, 0.3) is 0 Å². The van der Waals surface area contributed by atoms with Gasteiger partial charge in [-0.05, 0) is 19.1 Å². The molecule has 0 aliphatic heterocycles. The third-order valence-corrected chi connectivity index (χ3v) is 1.83. The minimum atomic E-state index is -0.949. The molecule has 74 valence electrons. The molecule has 0 saturated heterocycles. The minimum absolute atomic E-state index is 0.232. The molecule has 0 atom stereocenters. The molecule has 1 N–H and O–H groups in total. The number of carboxylic acid groups (broad SMARTS) is 1. The monoisotopic (exact) mass is 192 g/mol. The zero-order valence-electron chi connectivity index (χ0n) is 8.15. The van der Waals surface area contributed by atoms with Gasteiger partial charge < -0.3 is 9.84 Å². The Bertz CT molecular complexity index is 367. The van der Waals surface area contributed by atoms with Crippen LogP contribution in [0, 0.1) is 0 Å². The predicted octanol–water partition coefficient (Wildman–Crippen LogP) is 2.43. The first-order chi connectivity index (χ1) is 6.69. The third kappa shape index (κ3) is 2.13. The molecule has 1 rings (SSSR count). The molecule has 3 heteroatoms. The number of rotatable bonds is 3. The molecule has 0 aliphatic carbocycles. The highest BCUT2D eigenvalue weighted by Crippen LogP contribution is 2.21. The number of benzene rings is 1. The molecule has 0 radical (unpaired) electrons. The van der Waals surface area contributed by atoms with Crippen molar-refractivity contribution in [3.05, 3.63) is 35.4 Å². The molecule has 3 nitrogen and oxygen atoms in total. The van der Waals surface area contributed by atoms with Gasteiger partial charge in [0.15, 0.2) is 0 Å². The van der Waals surface area contributed by atoms with Gasteiger partial charge in [-0.1, -0.05) is 18.2 Å². The topological polar surface area (TPSA) is 46.5 Å². The van der Waals surface area contributed by atoms with Gasteiger partial charge in [-0.15, -0.1) is 0 Å².